The number of hydrogen-bond acceptors (Lipinski definition) is 5. The zero-order valence-corrected chi connectivity index (χ0v) is 17.8. The molecule has 0 bridgehead atoms. The molecule has 2 N–H and O–H groups in total. The fourth-order valence-corrected chi connectivity index (χ4v) is 4.46. The number of rotatable bonds is 5. The molecule has 9 heteroatoms. The molecule has 0 aliphatic carbocycles. The highest BCUT2D eigenvalue weighted by molar-refractivity contribution is 7.20. The molecule has 0 aliphatic heterocycles. The molecule has 0 fully saturated rings. The first-order valence-electron chi connectivity index (χ1n) is 9.22. The van der Waals surface area contributed by atoms with E-state index in [1.54, 1.807) is 6.92 Å². The lowest BCUT2D eigenvalue weighted by Crippen LogP contribution is -2.21. The van der Waals surface area contributed by atoms with E-state index in [1.807, 2.05) is 30.3 Å². The van der Waals surface area contributed by atoms with Crippen molar-refractivity contribution in [3.05, 3.63) is 91.8 Å². The molecule has 0 saturated carbocycles. The van der Waals surface area contributed by atoms with Gasteiger partial charge in [-0.2, -0.15) is 0 Å². The summed E-state index contributed by atoms with van der Waals surface area (Å²) < 4.78 is 1.51. The van der Waals surface area contributed by atoms with E-state index in [4.69, 9.17) is 11.6 Å². The third-order valence-corrected chi connectivity index (χ3v) is 6.30. The minimum atomic E-state index is -1.19. The lowest BCUT2D eigenvalue weighted by Gasteiger charge is -2.07. The summed E-state index contributed by atoms with van der Waals surface area (Å²) in [6, 6.07) is 13.8. The molecular formula is C22H16ClN3O4S. The Morgan fingerprint density at radius 2 is 1.94 bits per heavy atom. The Morgan fingerprint density at radius 1 is 1.19 bits per heavy atom. The molecule has 4 rings (SSSR count). The van der Waals surface area contributed by atoms with Crippen molar-refractivity contribution in [3.63, 3.8) is 0 Å². The van der Waals surface area contributed by atoms with Crippen LogP contribution in [0.1, 0.15) is 31.2 Å². The number of anilines is 1. The van der Waals surface area contributed by atoms with Crippen molar-refractivity contribution in [2.45, 2.75) is 13.5 Å². The summed E-state index contributed by atoms with van der Waals surface area (Å²) in [5.41, 5.74) is 1.45. The van der Waals surface area contributed by atoms with Crippen molar-refractivity contribution in [2.24, 2.45) is 0 Å². The number of aryl methyl sites for hydroxylation is 1. The first-order chi connectivity index (χ1) is 14.8. The van der Waals surface area contributed by atoms with E-state index in [2.05, 4.69) is 10.3 Å². The van der Waals surface area contributed by atoms with Crippen LogP contribution in [0.25, 0.3) is 10.2 Å². The van der Waals surface area contributed by atoms with E-state index in [-0.39, 0.29) is 21.8 Å². The number of carboxylic acids is 1. The molecule has 2 aromatic carbocycles. The molecule has 0 spiro atoms. The molecule has 0 unspecified atom stereocenters. The molecule has 0 atom stereocenters. The average molecular weight is 454 g/mol. The highest BCUT2D eigenvalue weighted by Crippen LogP contribution is 2.28. The van der Waals surface area contributed by atoms with E-state index in [0.29, 0.717) is 27.2 Å². The van der Waals surface area contributed by atoms with Crippen LogP contribution >= 0.6 is 22.9 Å². The molecule has 31 heavy (non-hydrogen) atoms. The third-order valence-electron chi connectivity index (χ3n) is 4.77. The topological polar surface area (TPSA) is 101 Å². The van der Waals surface area contributed by atoms with E-state index < -0.39 is 11.9 Å². The molecule has 2 aromatic heterocycles. The summed E-state index contributed by atoms with van der Waals surface area (Å²) in [6.07, 6.45) is 1.48. The van der Waals surface area contributed by atoms with Gasteiger partial charge >= 0.3 is 5.97 Å². The molecule has 0 saturated heterocycles. The molecule has 0 radical (unpaired) electrons. The fraction of sp³-hybridized carbons (Fsp3) is 0.0909. The molecule has 7 nitrogen and oxygen atoms in total. The number of carboxylic acid groups (broad SMARTS) is 1. The van der Waals surface area contributed by atoms with Gasteiger partial charge < -0.3 is 10.4 Å². The van der Waals surface area contributed by atoms with Crippen molar-refractivity contribution < 1.29 is 14.7 Å². The Bertz CT molecular complexity index is 1380. The van der Waals surface area contributed by atoms with Crippen LogP contribution in [0, 0.1) is 6.92 Å². The van der Waals surface area contributed by atoms with Gasteiger partial charge in [-0.25, -0.2) is 9.78 Å². The second kappa shape index (κ2) is 8.33. The summed E-state index contributed by atoms with van der Waals surface area (Å²) in [5, 5.41) is 12.3. The Morgan fingerprint density at radius 3 is 2.65 bits per heavy atom. The largest absolute Gasteiger partial charge is 0.478 e. The second-order valence-electron chi connectivity index (χ2n) is 6.85. The number of benzene rings is 2. The van der Waals surface area contributed by atoms with Gasteiger partial charge in [0.2, 0.25) is 0 Å². The van der Waals surface area contributed by atoms with Gasteiger partial charge in [0.25, 0.3) is 11.5 Å². The number of nitrogens with zero attached hydrogens (tertiary/aromatic N) is 2. The first kappa shape index (κ1) is 20.8. The fourth-order valence-electron chi connectivity index (χ4n) is 3.22. The highest BCUT2D eigenvalue weighted by atomic mass is 35.5. The van der Waals surface area contributed by atoms with Gasteiger partial charge in [0.05, 0.1) is 33.7 Å². The van der Waals surface area contributed by atoms with Gasteiger partial charge in [0, 0.05) is 5.69 Å². The summed E-state index contributed by atoms with van der Waals surface area (Å²) in [4.78, 5) is 42.3. The summed E-state index contributed by atoms with van der Waals surface area (Å²) in [7, 11) is 0. The number of amides is 1. The Balaban J connectivity index is 1.67. The molecule has 0 aliphatic rings. The predicted molar refractivity (Wildman–Crippen MR) is 121 cm³/mol. The quantitative estimate of drug-likeness (QED) is 0.465. The Labute approximate surface area is 185 Å². The van der Waals surface area contributed by atoms with Gasteiger partial charge in [-0.3, -0.25) is 14.2 Å². The van der Waals surface area contributed by atoms with Crippen LogP contribution in [0.2, 0.25) is 5.02 Å². The lowest BCUT2D eigenvalue weighted by atomic mass is 10.1. The van der Waals surface area contributed by atoms with Gasteiger partial charge in [-0.1, -0.05) is 41.9 Å². The third kappa shape index (κ3) is 4.08. The number of aromatic carboxylic acids is 1. The van der Waals surface area contributed by atoms with Gasteiger partial charge in [-0.05, 0) is 36.2 Å². The maximum atomic E-state index is 13.0. The molecule has 1 amide bonds. The number of carbonyl (C=O) groups excluding carboxylic acids is 1. The monoisotopic (exact) mass is 453 g/mol. The molecule has 156 valence electrons. The van der Waals surface area contributed by atoms with Crippen molar-refractivity contribution in [1.82, 2.24) is 9.55 Å². The number of aromatic nitrogens is 2. The van der Waals surface area contributed by atoms with Crippen molar-refractivity contribution in [2.75, 3.05) is 5.32 Å². The van der Waals surface area contributed by atoms with Gasteiger partial charge in [0.1, 0.15) is 4.83 Å². The maximum Gasteiger partial charge on any atom is 0.337 e. The zero-order valence-electron chi connectivity index (χ0n) is 16.3. The Kier molecular flexibility index (Phi) is 5.58. The van der Waals surface area contributed by atoms with Crippen LogP contribution < -0.4 is 10.9 Å². The van der Waals surface area contributed by atoms with Crippen molar-refractivity contribution in [1.29, 1.82) is 0 Å². The van der Waals surface area contributed by atoms with Crippen LogP contribution in [0.5, 0.6) is 0 Å². The van der Waals surface area contributed by atoms with Crippen LogP contribution in [-0.4, -0.2) is 26.5 Å². The Hall–Kier alpha value is -3.49. The highest BCUT2D eigenvalue weighted by Gasteiger charge is 2.20. The van der Waals surface area contributed by atoms with Crippen molar-refractivity contribution in [3.8, 4) is 0 Å². The summed E-state index contributed by atoms with van der Waals surface area (Å²) in [6.45, 7) is 2.08. The second-order valence-corrected chi connectivity index (χ2v) is 8.26. The van der Waals surface area contributed by atoms with E-state index in [9.17, 15) is 19.5 Å². The number of nitrogens with one attached hydrogen (secondary N) is 1. The summed E-state index contributed by atoms with van der Waals surface area (Å²) in [5.74, 6) is -1.64. The van der Waals surface area contributed by atoms with E-state index in [1.165, 1.54) is 29.1 Å². The number of hydrogen-bond donors (Lipinski definition) is 2. The normalized spacial score (nSPS) is 10.9. The van der Waals surface area contributed by atoms with Crippen LogP contribution in [0.4, 0.5) is 5.69 Å². The summed E-state index contributed by atoms with van der Waals surface area (Å²) >= 11 is 6.99. The van der Waals surface area contributed by atoms with E-state index in [0.717, 1.165) is 16.9 Å². The number of fused-ring (bicyclic) bond motifs is 1. The smallest absolute Gasteiger partial charge is 0.337 e. The minimum absolute atomic E-state index is 0.0757. The number of carbonyl (C=O) groups is 2. The molecular weight excluding hydrogens is 438 g/mol. The number of halogens is 1. The average Bonchev–Trinajstić information content (AvgIpc) is 3.09. The van der Waals surface area contributed by atoms with Gasteiger partial charge in [0.15, 0.2) is 0 Å². The van der Waals surface area contributed by atoms with Crippen LogP contribution in [0.15, 0.2) is 59.7 Å². The van der Waals surface area contributed by atoms with Crippen LogP contribution in [0.3, 0.4) is 0 Å². The van der Waals surface area contributed by atoms with Crippen LogP contribution in [-0.2, 0) is 6.54 Å². The molecule has 4 aromatic rings. The first-order valence-corrected chi connectivity index (χ1v) is 10.4. The van der Waals surface area contributed by atoms with Gasteiger partial charge in [-0.15, -0.1) is 11.3 Å². The predicted octanol–water partition coefficient (Wildman–Crippen LogP) is 4.42. The standard InChI is InChI=1S/C22H16ClN3O4S/c1-12-17-20(24-11-26(21(17)28)10-13-5-3-2-4-6-13)31-18(12)19(27)25-14-7-8-16(23)15(9-14)22(29)30/h2-9,11H,10H2,1H3,(H,25,27)(H,29,30). The minimum Gasteiger partial charge on any atom is -0.478 e. The lowest BCUT2D eigenvalue weighted by molar-refractivity contribution is 0.0696. The maximum absolute atomic E-state index is 13.0. The molecule has 2 heterocycles. The zero-order chi connectivity index (χ0) is 22.1. The van der Waals surface area contributed by atoms with E-state index >= 15 is 0 Å². The number of thiophene rings is 1. The SMILES string of the molecule is Cc1c(C(=O)Nc2ccc(Cl)c(C(=O)O)c2)sc2ncn(Cc3ccccc3)c(=O)c12. The van der Waals surface area contributed by atoms with Crippen molar-refractivity contribution >= 4 is 50.7 Å².